The highest BCUT2D eigenvalue weighted by atomic mass is 19.4. The van der Waals surface area contributed by atoms with Crippen LogP contribution >= 0.6 is 0 Å². The van der Waals surface area contributed by atoms with E-state index in [1.165, 1.54) is 12.1 Å². The number of hydrogen-bond acceptors (Lipinski definition) is 3. The summed E-state index contributed by atoms with van der Waals surface area (Å²) in [5.41, 5.74) is 6.35. The van der Waals surface area contributed by atoms with E-state index >= 15 is 0 Å². The van der Waals surface area contributed by atoms with E-state index in [9.17, 15) is 18.3 Å². The van der Waals surface area contributed by atoms with Crippen molar-refractivity contribution in [3.8, 4) is 11.5 Å². The third-order valence-corrected chi connectivity index (χ3v) is 3.50. The van der Waals surface area contributed by atoms with Crippen LogP contribution in [0.15, 0.2) is 18.2 Å². The molecule has 1 aliphatic carbocycles. The Balaban J connectivity index is 2.21. The molecular formula is C13H16F3NO2. The monoisotopic (exact) mass is 275 g/mol. The van der Waals surface area contributed by atoms with Crippen molar-refractivity contribution >= 4 is 0 Å². The number of alkyl halides is 3. The number of aromatic hydroxyl groups is 1. The van der Waals surface area contributed by atoms with Crippen LogP contribution in [0.3, 0.4) is 0 Å². The predicted molar refractivity (Wildman–Crippen MR) is 63.7 cm³/mol. The zero-order chi connectivity index (χ0) is 14.0. The number of rotatable bonds is 3. The highest BCUT2D eigenvalue weighted by molar-refractivity contribution is 5.41. The molecule has 0 aromatic heterocycles. The van der Waals surface area contributed by atoms with Crippen LogP contribution in [0.2, 0.25) is 0 Å². The number of halogens is 3. The number of benzene rings is 1. The summed E-state index contributed by atoms with van der Waals surface area (Å²) < 4.78 is 40.3. The fourth-order valence-electron chi connectivity index (χ4n) is 2.57. The van der Waals surface area contributed by atoms with E-state index in [4.69, 9.17) is 5.73 Å². The number of phenols is 1. The van der Waals surface area contributed by atoms with Gasteiger partial charge in [0.05, 0.1) is 0 Å². The second-order valence-electron chi connectivity index (χ2n) is 4.84. The van der Waals surface area contributed by atoms with Crippen molar-refractivity contribution in [2.75, 3.05) is 0 Å². The Morgan fingerprint density at radius 1 is 1.26 bits per heavy atom. The van der Waals surface area contributed by atoms with Crippen LogP contribution in [0.5, 0.6) is 11.5 Å². The first-order chi connectivity index (χ1) is 8.87. The summed E-state index contributed by atoms with van der Waals surface area (Å²) in [5, 5.41) is 9.75. The molecule has 3 N–H and O–H groups in total. The molecule has 1 aliphatic rings. The highest BCUT2D eigenvalue weighted by Gasteiger charge is 2.32. The van der Waals surface area contributed by atoms with Gasteiger partial charge < -0.3 is 15.6 Å². The average Bonchev–Trinajstić information content (AvgIpc) is 2.82. The van der Waals surface area contributed by atoms with Gasteiger partial charge in [-0.2, -0.15) is 0 Å². The first-order valence-corrected chi connectivity index (χ1v) is 6.21. The zero-order valence-corrected chi connectivity index (χ0v) is 10.3. The summed E-state index contributed by atoms with van der Waals surface area (Å²) >= 11 is 0. The fraction of sp³-hybridized carbons (Fsp3) is 0.538. The lowest BCUT2D eigenvalue weighted by atomic mass is 9.92. The molecule has 19 heavy (non-hydrogen) atoms. The summed E-state index contributed by atoms with van der Waals surface area (Å²) in [4.78, 5) is 0. The minimum absolute atomic E-state index is 0.0890. The van der Waals surface area contributed by atoms with E-state index in [2.05, 4.69) is 4.74 Å². The Morgan fingerprint density at radius 3 is 2.47 bits per heavy atom. The van der Waals surface area contributed by atoms with Crippen molar-refractivity contribution in [1.82, 2.24) is 0 Å². The normalized spacial score (nSPS) is 18.5. The molecule has 6 heteroatoms. The second kappa shape index (κ2) is 5.28. The largest absolute Gasteiger partial charge is 0.573 e. The van der Waals surface area contributed by atoms with Crippen LogP contribution < -0.4 is 10.5 Å². The van der Waals surface area contributed by atoms with E-state index in [-0.39, 0.29) is 17.4 Å². The molecule has 0 bridgehead atoms. The molecule has 0 radical (unpaired) electrons. The lowest BCUT2D eigenvalue weighted by molar-refractivity contribution is -0.274. The Labute approximate surface area is 109 Å². The summed E-state index contributed by atoms with van der Waals surface area (Å²) in [6, 6.07) is 2.98. The van der Waals surface area contributed by atoms with Crippen molar-refractivity contribution in [3.63, 3.8) is 0 Å². The minimum Gasteiger partial charge on any atom is -0.508 e. The van der Waals surface area contributed by atoms with Gasteiger partial charge in [0.15, 0.2) is 0 Å². The summed E-state index contributed by atoms with van der Waals surface area (Å²) in [7, 11) is 0. The smallest absolute Gasteiger partial charge is 0.508 e. The van der Waals surface area contributed by atoms with E-state index in [1.54, 1.807) is 0 Å². The molecule has 3 nitrogen and oxygen atoms in total. The summed E-state index contributed by atoms with van der Waals surface area (Å²) in [5.74, 6) is -0.241. The third kappa shape index (κ3) is 3.53. The van der Waals surface area contributed by atoms with Crippen LogP contribution in [0.25, 0.3) is 0 Å². The van der Waals surface area contributed by atoms with E-state index in [1.807, 2.05) is 0 Å². The van der Waals surface area contributed by atoms with Gasteiger partial charge in [0.25, 0.3) is 0 Å². The molecule has 1 aromatic carbocycles. The molecule has 1 saturated carbocycles. The summed E-state index contributed by atoms with van der Waals surface area (Å²) in [6.07, 6.45) is -0.739. The van der Waals surface area contributed by atoms with Crippen molar-refractivity contribution in [3.05, 3.63) is 23.8 Å². The maximum absolute atomic E-state index is 12.2. The molecule has 1 aromatic rings. The molecule has 0 heterocycles. The van der Waals surface area contributed by atoms with E-state index in [0.29, 0.717) is 5.56 Å². The average molecular weight is 275 g/mol. The fourth-order valence-corrected chi connectivity index (χ4v) is 2.57. The number of phenolic OH excluding ortho intramolecular Hbond substituents is 1. The van der Waals surface area contributed by atoms with Gasteiger partial charge in [-0.05, 0) is 37.0 Å². The Kier molecular flexibility index (Phi) is 3.89. The Bertz CT molecular complexity index is 442. The van der Waals surface area contributed by atoms with Crippen LogP contribution in [0, 0.1) is 5.92 Å². The lowest BCUT2D eigenvalue weighted by Crippen LogP contribution is -2.20. The highest BCUT2D eigenvalue weighted by Crippen LogP contribution is 2.39. The molecule has 0 saturated heterocycles. The van der Waals surface area contributed by atoms with Crippen LogP contribution in [0.4, 0.5) is 13.2 Å². The lowest BCUT2D eigenvalue weighted by Gasteiger charge is -2.21. The molecule has 0 amide bonds. The molecular weight excluding hydrogens is 259 g/mol. The molecule has 1 atom stereocenters. The van der Waals surface area contributed by atoms with Gasteiger partial charge in [0.2, 0.25) is 0 Å². The van der Waals surface area contributed by atoms with Gasteiger partial charge >= 0.3 is 6.36 Å². The Hall–Kier alpha value is -1.43. The maximum Gasteiger partial charge on any atom is 0.573 e. The molecule has 0 spiro atoms. The van der Waals surface area contributed by atoms with Crippen molar-refractivity contribution in [2.24, 2.45) is 11.7 Å². The van der Waals surface area contributed by atoms with Gasteiger partial charge in [-0.3, -0.25) is 0 Å². The van der Waals surface area contributed by atoms with E-state index < -0.39 is 12.4 Å². The maximum atomic E-state index is 12.2. The quantitative estimate of drug-likeness (QED) is 0.888. The van der Waals surface area contributed by atoms with E-state index in [0.717, 1.165) is 31.7 Å². The van der Waals surface area contributed by atoms with Gasteiger partial charge in [-0.25, -0.2) is 0 Å². The topological polar surface area (TPSA) is 55.5 Å². The van der Waals surface area contributed by atoms with Crippen molar-refractivity contribution in [1.29, 1.82) is 0 Å². The number of nitrogens with two attached hydrogens (primary N) is 1. The number of hydrogen-bond donors (Lipinski definition) is 2. The molecule has 1 fully saturated rings. The van der Waals surface area contributed by atoms with Crippen LogP contribution in [0.1, 0.15) is 37.3 Å². The number of ether oxygens (including phenoxy) is 1. The van der Waals surface area contributed by atoms with Gasteiger partial charge in [0.1, 0.15) is 11.5 Å². The standard InChI is InChI=1S/C13H16F3NO2/c14-13(15,16)19-9-5-6-11(18)10(7-9)12(17)8-3-1-2-4-8/h5-8,12,18H,1-4,17H2/t12-/m1/s1. The SMILES string of the molecule is N[C@@H](c1cc(OC(F)(F)F)ccc1O)C1CCCC1. The minimum atomic E-state index is -4.74. The van der Waals surface area contributed by atoms with Gasteiger partial charge in [0, 0.05) is 11.6 Å². The molecule has 106 valence electrons. The first kappa shape index (κ1) is 14.0. The van der Waals surface area contributed by atoms with Crippen LogP contribution in [-0.4, -0.2) is 11.5 Å². The van der Waals surface area contributed by atoms with Crippen molar-refractivity contribution < 1.29 is 23.0 Å². The van der Waals surface area contributed by atoms with Crippen LogP contribution in [-0.2, 0) is 0 Å². The molecule has 0 unspecified atom stereocenters. The molecule has 2 rings (SSSR count). The third-order valence-electron chi connectivity index (χ3n) is 3.50. The zero-order valence-electron chi connectivity index (χ0n) is 10.3. The van der Waals surface area contributed by atoms with Gasteiger partial charge in [-0.15, -0.1) is 13.2 Å². The van der Waals surface area contributed by atoms with Gasteiger partial charge in [-0.1, -0.05) is 12.8 Å². The first-order valence-electron chi connectivity index (χ1n) is 6.21. The second-order valence-corrected chi connectivity index (χ2v) is 4.84. The predicted octanol–water partition coefficient (Wildman–Crippen LogP) is 3.48. The summed E-state index contributed by atoms with van der Waals surface area (Å²) in [6.45, 7) is 0. The van der Waals surface area contributed by atoms with Crippen molar-refractivity contribution in [2.45, 2.75) is 38.1 Å². The Morgan fingerprint density at radius 2 is 1.89 bits per heavy atom. The molecule has 0 aliphatic heterocycles.